The molecule has 0 bridgehead atoms. The van der Waals surface area contributed by atoms with Gasteiger partial charge in [0, 0.05) is 26.2 Å². The van der Waals surface area contributed by atoms with Crippen LogP contribution in [0.1, 0.15) is 25.1 Å². The van der Waals surface area contributed by atoms with Crippen molar-refractivity contribution in [2.45, 2.75) is 31.9 Å². The number of aromatic amines is 1. The third kappa shape index (κ3) is 6.73. The van der Waals surface area contributed by atoms with E-state index in [1.54, 1.807) is 16.7 Å². The highest BCUT2D eigenvalue weighted by atomic mass is 19.4. The highest BCUT2D eigenvalue weighted by Gasteiger charge is 2.39. The minimum atomic E-state index is -4.85. The summed E-state index contributed by atoms with van der Waals surface area (Å²) in [6.45, 7) is 2.82. The predicted octanol–water partition coefficient (Wildman–Crippen LogP) is 2.14. The van der Waals surface area contributed by atoms with Gasteiger partial charge >= 0.3 is 12.5 Å². The van der Waals surface area contributed by atoms with Gasteiger partial charge in [-0.05, 0) is 6.92 Å². The van der Waals surface area contributed by atoms with Crippen LogP contribution in [0.25, 0.3) is 10.9 Å². The number of alkyl halides is 6. The molecule has 12 nitrogen and oxygen atoms in total. The smallest absolute Gasteiger partial charge is 0.402 e. The monoisotopic (exact) mass is 564 g/mol. The first-order chi connectivity index (χ1) is 18.3. The number of piperazine rings is 1. The fraction of sp³-hybridized carbons (Fsp3) is 0.524. The first-order valence-corrected chi connectivity index (χ1v) is 11.5. The molecule has 0 saturated carbocycles. The Morgan fingerprint density at radius 2 is 1.74 bits per heavy atom. The van der Waals surface area contributed by atoms with Crippen LogP contribution in [-0.4, -0.2) is 86.5 Å². The largest absolute Gasteiger partial charge is 0.573 e. The second-order valence-electron chi connectivity index (χ2n) is 8.56. The molecule has 1 unspecified atom stereocenters. The van der Waals surface area contributed by atoms with Crippen molar-refractivity contribution >= 4 is 22.8 Å². The lowest BCUT2D eigenvalue weighted by Crippen LogP contribution is -2.49. The minimum Gasteiger partial charge on any atom is -0.402 e. The number of fused-ring (bicyclic) bond motifs is 1. The molecule has 0 radical (unpaired) electrons. The zero-order valence-corrected chi connectivity index (χ0v) is 20.3. The van der Waals surface area contributed by atoms with Crippen molar-refractivity contribution in [3.63, 3.8) is 0 Å². The number of aromatic nitrogens is 6. The van der Waals surface area contributed by atoms with Gasteiger partial charge in [-0.15, -0.1) is 13.2 Å². The molecule has 212 valence electrons. The molecule has 3 aromatic rings. The molecule has 1 amide bonds. The summed E-state index contributed by atoms with van der Waals surface area (Å²) in [7, 11) is 0. The summed E-state index contributed by atoms with van der Waals surface area (Å²) in [5, 5.41) is 8.47. The molecule has 1 N–H and O–H groups in total. The fourth-order valence-electron chi connectivity index (χ4n) is 3.99. The van der Waals surface area contributed by atoms with Gasteiger partial charge in [-0.2, -0.15) is 23.4 Å². The summed E-state index contributed by atoms with van der Waals surface area (Å²) in [5.74, 6) is -0.552. The van der Waals surface area contributed by atoms with Crippen molar-refractivity contribution in [3.05, 3.63) is 34.6 Å². The Bertz CT molecular complexity index is 1350. The molecule has 0 spiro atoms. The molecule has 1 atom stereocenters. The van der Waals surface area contributed by atoms with Gasteiger partial charge < -0.3 is 19.3 Å². The number of ether oxygens (including phenoxy) is 2. The zero-order chi connectivity index (χ0) is 28.4. The third-order valence-corrected chi connectivity index (χ3v) is 5.80. The molecule has 0 aliphatic carbocycles. The quantitative estimate of drug-likeness (QED) is 0.323. The van der Waals surface area contributed by atoms with Gasteiger partial charge in [-0.1, -0.05) is 0 Å². The highest BCUT2D eigenvalue weighted by Crippen LogP contribution is 2.33. The van der Waals surface area contributed by atoms with E-state index in [9.17, 15) is 35.9 Å². The lowest BCUT2D eigenvalue weighted by Gasteiger charge is -2.34. The van der Waals surface area contributed by atoms with E-state index in [4.69, 9.17) is 4.74 Å². The Morgan fingerprint density at radius 1 is 1.08 bits per heavy atom. The van der Waals surface area contributed by atoms with Crippen LogP contribution in [0, 0.1) is 0 Å². The van der Waals surface area contributed by atoms with E-state index in [-0.39, 0.29) is 37.0 Å². The van der Waals surface area contributed by atoms with E-state index in [0.29, 0.717) is 26.2 Å². The Kier molecular flexibility index (Phi) is 7.94. The first kappa shape index (κ1) is 28.1. The van der Waals surface area contributed by atoms with Crippen molar-refractivity contribution in [1.82, 2.24) is 34.8 Å². The van der Waals surface area contributed by atoms with Crippen molar-refractivity contribution < 1.29 is 40.6 Å². The minimum absolute atomic E-state index is 0.00265. The Balaban J connectivity index is 1.24. The van der Waals surface area contributed by atoms with Crippen LogP contribution in [0.15, 0.2) is 23.4 Å². The SMILES string of the molecule is CC(COCCC(=O)N1CCN(c2ncc(OC(F)(F)F)cn2)CC1)n1nc(C(F)(F)F)c2c(=O)[nH]ncc21. The van der Waals surface area contributed by atoms with E-state index in [0.717, 1.165) is 23.3 Å². The molecule has 39 heavy (non-hydrogen) atoms. The second-order valence-corrected chi connectivity index (χ2v) is 8.56. The highest BCUT2D eigenvalue weighted by molar-refractivity contribution is 5.80. The normalized spacial score (nSPS) is 15.6. The van der Waals surface area contributed by atoms with E-state index in [1.807, 2.05) is 5.10 Å². The molecule has 0 aromatic carbocycles. The van der Waals surface area contributed by atoms with Crippen LogP contribution in [0.2, 0.25) is 0 Å². The molecule has 1 saturated heterocycles. The number of amides is 1. The molecule has 1 fully saturated rings. The Morgan fingerprint density at radius 3 is 2.36 bits per heavy atom. The number of anilines is 1. The van der Waals surface area contributed by atoms with Crippen LogP contribution in [0.4, 0.5) is 32.3 Å². The average molecular weight is 564 g/mol. The van der Waals surface area contributed by atoms with Gasteiger partial charge in [0.1, 0.15) is 5.39 Å². The maximum absolute atomic E-state index is 13.4. The predicted molar refractivity (Wildman–Crippen MR) is 121 cm³/mol. The van der Waals surface area contributed by atoms with Gasteiger partial charge in [0.25, 0.3) is 5.56 Å². The number of rotatable bonds is 8. The maximum Gasteiger partial charge on any atom is 0.573 e. The zero-order valence-electron chi connectivity index (χ0n) is 20.3. The van der Waals surface area contributed by atoms with Crippen molar-refractivity contribution in [3.8, 4) is 5.75 Å². The summed E-state index contributed by atoms with van der Waals surface area (Å²) >= 11 is 0. The molecule has 3 aromatic heterocycles. The lowest BCUT2D eigenvalue weighted by atomic mass is 10.2. The third-order valence-electron chi connectivity index (χ3n) is 5.80. The van der Waals surface area contributed by atoms with Gasteiger partial charge in [0.2, 0.25) is 11.9 Å². The molecule has 1 aliphatic heterocycles. The number of hydrogen-bond donors (Lipinski definition) is 1. The molecule has 1 aliphatic rings. The molecular formula is C21H22F6N8O4. The summed E-state index contributed by atoms with van der Waals surface area (Å²) in [6.07, 6.45) is -6.77. The van der Waals surface area contributed by atoms with Gasteiger partial charge in [0.05, 0.1) is 49.8 Å². The van der Waals surface area contributed by atoms with Gasteiger partial charge in [-0.25, -0.2) is 15.1 Å². The van der Waals surface area contributed by atoms with Crippen molar-refractivity contribution in [1.29, 1.82) is 0 Å². The average Bonchev–Trinajstić information content (AvgIpc) is 3.28. The number of nitrogens with one attached hydrogen (secondary N) is 1. The standard InChI is InChI=1S/C21H22F6N8O4/c1-12(35-14-10-30-31-18(37)16(14)17(32-35)20(22,23)24)11-38-7-2-15(36)33-3-5-34(6-4-33)19-28-8-13(9-29-19)39-21(25,26)27/h8-10,12H,2-7,11H2,1H3,(H,31,37). The van der Waals surface area contributed by atoms with E-state index >= 15 is 0 Å². The maximum atomic E-state index is 13.4. The number of halogens is 6. The summed E-state index contributed by atoms with van der Waals surface area (Å²) in [6, 6.07) is -0.696. The second kappa shape index (κ2) is 11.0. The lowest BCUT2D eigenvalue weighted by molar-refractivity contribution is -0.274. The number of H-pyrrole nitrogens is 1. The molecular weight excluding hydrogens is 542 g/mol. The van der Waals surface area contributed by atoms with Crippen LogP contribution >= 0.6 is 0 Å². The van der Waals surface area contributed by atoms with Crippen LogP contribution in [0.3, 0.4) is 0 Å². The number of carbonyl (C=O) groups excluding carboxylic acids is 1. The summed E-state index contributed by atoms with van der Waals surface area (Å²) in [5.41, 5.74) is -2.43. The Labute approximate surface area is 215 Å². The number of nitrogens with zero attached hydrogens (tertiary/aromatic N) is 7. The fourth-order valence-corrected chi connectivity index (χ4v) is 3.99. The topological polar surface area (TPSA) is 131 Å². The Hall–Kier alpha value is -3.96. The van der Waals surface area contributed by atoms with Crippen molar-refractivity contribution in [2.24, 2.45) is 0 Å². The van der Waals surface area contributed by atoms with Gasteiger partial charge in [0.15, 0.2) is 11.4 Å². The van der Waals surface area contributed by atoms with Crippen molar-refractivity contribution in [2.75, 3.05) is 44.3 Å². The molecule has 18 heteroatoms. The van der Waals surface area contributed by atoms with Crippen LogP contribution in [-0.2, 0) is 15.7 Å². The van der Waals surface area contributed by atoms with Crippen LogP contribution in [0.5, 0.6) is 5.75 Å². The molecule has 4 rings (SSSR count). The van der Waals surface area contributed by atoms with Crippen LogP contribution < -0.4 is 15.2 Å². The number of hydrogen-bond acceptors (Lipinski definition) is 9. The summed E-state index contributed by atoms with van der Waals surface area (Å²) in [4.78, 5) is 35.5. The first-order valence-electron chi connectivity index (χ1n) is 11.5. The molecule has 4 heterocycles. The van der Waals surface area contributed by atoms with E-state index in [2.05, 4.69) is 24.9 Å². The van der Waals surface area contributed by atoms with E-state index < -0.39 is 41.0 Å². The number of carbonyl (C=O) groups is 1. The van der Waals surface area contributed by atoms with Gasteiger partial charge in [-0.3, -0.25) is 14.3 Å². The van der Waals surface area contributed by atoms with E-state index in [1.165, 1.54) is 0 Å². The summed E-state index contributed by atoms with van der Waals surface area (Å²) < 4.78 is 87.1.